The standard InChI is InChI=1S/C23H25N5O5S/c1-14(2)20(29)17-13-24-23(25-16-11-9-15(10-12-16)22(30)31)27-21(17)26-18-7-5-6-8-19(18)28(3)34(4,32)33/h5-14H,1-4H3,(H,30,31)(H2,24,25,26,27). The molecule has 0 aliphatic carbocycles. The van der Waals surface area contributed by atoms with Gasteiger partial charge in [-0.25, -0.2) is 18.2 Å². The van der Waals surface area contributed by atoms with Gasteiger partial charge in [-0.3, -0.25) is 9.10 Å². The third kappa shape index (κ3) is 5.67. The fourth-order valence-corrected chi connectivity index (χ4v) is 3.53. The summed E-state index contributed by atoms with van der Waals surface area (Å²) in [4.78, 5) is 32.5. The van der Waals surface area contributed by atoms with Gasteiger partial charge in [-0.05, 0) is 36.4 Å². The smallest absolute Gasteiger partial charge is 0.335 e. The minimum Gasteiger partial charge on any atom is -0.478 e. The van der Waals surface area contributed by atoms with E-state index in [0.29, 0.717) is 17.1 Å². The number of hydrogen-bond acceptors (Lipinski definition) is 8. The van der Waals surface area contributed by atoms with E-state index in [9.17, 15) is 18.0 Å². The van der Waals surface area contributed by atoms with E-state index in [-0.39, 0.29) is 34.6 Å². The molecule has 0 atom stereocenters. The third-order valence-electron chi connectivity index (χ3n) is 4.96. The minimum absolute atomic E-state index is 0.137. The summed E-state index contributed by atoms with van der Waals surface area (Å²) in [5.74, 6) is -1.18. The van der Waals surface area contributed by atoms with Crippen molar-refractivity contribution in [2.45, 2.75) is 13.8 Å². The Hall–Kier alpha value is -3.99. The van der Waals surface area contributed by atoms with Crippen LogP contribution < -0.4 is 14.9 Å². The van der Waals surface area contributed by atoms with Crippen molar-refractivity contribution >= 4 is 50.6 Å². The largest absolute Gasteiger partial charge is 0.478 e. The van der Waals surface area contributed by atoms with E-state index < -0.39 is 16.0 Å². The molecule has 0 fully saturated rings. The molecule has 3 aromatic rings. The lowest BCUT2D eigenvalue weighted by molar-refractivity contribution is 0.0696. The number of para-hydroxylation sites is 2. The highest BCUT2D eigenvalue weighted by molar-refractivity contribution is 7.92. The molecule has 0 bridgehead atoms. The number of aromatic nitrogens is 2. The summed E-state index contributed by atoms with van der Waals surface area (Å²) in [6, 6.07) is 12.8. The maximum Gasteiger partial charge on any atom is 0.335 e. The number of hydrogen-bond donors (Lipinski definition) is 3. The third-order valence-corrected chi connectivity index (χ3v) is 6.15. The fraction of sp³-hybridized carbons (Fsp3) is 0.217. The van der Waals surface area contributed by atoms with Crippen molar-refractivity contribution in [3.8, 4) is 0 Å². The average molecular weight is 484 g/mol. The lowest BCUT2D eigenvalue weighted by Gasteiger charge is -2.21. The Labute approximate surface area is 197 Å². The molecule has 34 heavy (non-hydrogen) atoms. The van der Waals surface area contributed by atoms with Crippen LogP contribution in [-0.2, 0) is 10.0 Å². The van der Waals surface area contributed by atoms with Gasteiger partial charge in [0.05, 0.1) is 28.8 Å². The number of carboxylic acid groups (broad SMARTS) is 1. The lowest BCUT2D eigenvalue weighted by atomic mass is 10.0. The van der Waals surface area contributed by atoms with E-state index in [1.165, 1.54) is 25.4 Å². The quantitative estimate of drug-likeness (QED) is 0.386. The number of benzene rings is 2. The molecule has 0 spiro atoms. The normalized spacial score (nSPS) is 11.2. The van der Waals surface area contributed by atoms with Gasteiger partial charge in [-0.15, -0.1) is 0 Å². The molecule has 2 aromatic carbocycles. The first-order valence-electron chi connectivity index (χ1n) is 10.3. The highest BCUT2D eigenvalue weighted by atomic mass is 32.2. The highest BCUT2D eigenvalue weighted by Crippen LogP contribution is 2.31. The van der Waals surface area contributed by atoms with Gasteiger partial charge >= 0.3 is 5.97 Å². The van der Waals surface area contributed by atoms with Gasteiger partial charge in [0.25, 0.3) is 0 Å². The van der Waals surface area contributed by atoms with Crippen molar-refractivity contribution in [1.82, 2.24) is 9.97 Å². The Morgan fingerprint density at radius 2 is 1.68 bits per heavy atom. The van der Waals surface area contributed by atoms with Gasteiger partial charge in [-0.2, -0.15) is 4.98 Å². The van der Waals surface area contributed by atoms with Crippen LogP contribution in [0.2, 0.25) is 0 Å². The van der Waals surface area contributed by atoms with E-state index in [0.717, 1.165) is 10.6 Å². The number of anilines is 5. The molecule has 0 saturated heterocycles. The number of carbonyl (C=O) groups is 2. The zero-order valence-electron chi connectivity index (χ0n) is 19.1. The van der Waals surface area contributed by atoms with Gasteiger partial charge in [-0.1, -0.05) is 26.0 Å². The molecule has 0 unspecified atom stereocenters. The second kappa shape index (κ2) is 9.87. The number of nitrogens with zero attached hydrogens (tertiary/aromatic N) is 3. The summed E-state index contributed by atoms with van der Waals surface area (Å²) in [6.45, 7) is 3.52. The molecule has 0 aliphatic rings. The first kappa shape index (κ1) is 24.6. The number of carbonyl (C=O) groups excluding carboxylic acids is 1. The summed E-state index contributed by atoms with van der Waals surface area (Å²) in [7, 11) is -2.10. The Morgan fingerprint density at radius 1 is 1.03 bits per heavy atom. The van der Waals surface area contributed by atoms with Crippen LogP contribution in [0.1, 0.15) is 34.6 Å². The molecule has 0 aliphatic heterocycles. The summed E-state index contributed by atoms with van der Waals surface area (Å²) < 4.78 is 25.3. The summed E-state index contributed by atoms with van der Waals surface area (Å²) in [5.41, 5.74) is 1.75. The first-order valence-corrected chi connectivity index (χ1v) is 12.1. The monoisotopic (exact) mass is 483 g/mol. The number of aromatic carboxylic acids is 1. The Morgan fingerprint density at radius 3 is 2.26 bits per heavy atom. The average Bonchev–Trinajstić information content (AvgIpc) is 2.78. The van der Waals surface area contributed by atoms with Crippen molar-refractivity contribution in [3.05, 3.63) is 65.9 Å². The topological polar surface area (TPSA) is 142 Å². The Bertz CT molecular complexity index is 1320. The molecular weight excluding hydrogens is 458 g/mol. The number of Topliss-reactive ketones (excluding diaryl/α,β-unsaturated/α-hetero) is 1. The van der Waals surface area contributed by atoms with E-state index in [1.54, 1.807) is 50.2 Å². The van der Waals surface area contributed by atoms with Crippen LogP contribution in [0.3, 0.4) is 0 Å². The minimum atomic E-state index is -3.53. The number of sulfonamides is 1. The predicted octanol–water partition coefficient (Wildman–Crippen LogP) is 3.90. The van der Waals surface area contributed by atoms with Crippen molar-refractivity contribution in [2.24, 2.45) is 5.92 Å². The second-order valence-electron chi connectivity index (χ2n) is 7.85. The molecule has 0 saturated carbocycles. The number of ketones is 1. The van der Waals surface area contributed by atoms with Crippen LogP contribution in [0.5, 0.6) is 0 Å². The van der Waals surface area contributed by atoms with E-state index in [1.807, 2.05) is 0 Å². The number of rotatable bonds is 9. The van der Waals surface area contributed by atoms with E-state index in [4.69, 9.17) is 5.11 Å². The molecule has 11 heteroatoms. The maximum atomic E-state index is 12.8. The zero-order chi connectivity index (χ0) is 25.0. The number of carboxylic acids is 1. The fourth-order valence-electron chi connectivity index (χ4n) is 3.01. The van der Waals surface area contributed by atoms with Crippen LogP contribution in [0.25, 0.3) is 0 Å². The Balaban J connectivity index is 2.01. The van der Waals surface area contributed by atoms with Crippen LogP contribution in [-0.4, -0.2) is 48.5 Å². The van der Waals surface area contributed by atoms with Crippen LogP contribution >= 0.6 is 0 Å². The molecule has 10 nitrogen and oxygen atoms in total. The van der Waals surface area contributed by atoms with Crippen LogP contribution in [0, 0.1) is 5.92 Å². The van der Waals surface area contributed by atoms with Gasteiger partial charge in [0, 0.05) is 24.8 Å². The molecule has 1 aromatic heterocycles. The Kier molecular flexibility index (Phi) is 7.16. The second-order valence-corrected chi connectivity index (χ2v) is 9.87. The van der Waals surface area contributed by atoms with Gasteiger partial charge in [0.1, 0.15) is 5.82 Å². The molecule has 3 N–H and O–H groups in total. The molecule has 0 amide bonds. The van der Waals surface area contributed by atoms with Gasteiger partial charge < -0.3 is 15.7 Å². The SMILES string of the molecule is CC(C)C(=O)c1cnc(Nc2ccc(C(=O)O)cc2)nc1Nc1ccccc1N(C)S(C)(=O)=O. The molecular formula is C23H25N5O5S. The van der Waals surface area contributed by atoms with E-state index in [2.05, 4.69) is 20.6 Å². The summed E-state index contributed by atoms with van der Waals surface area (Å²) in [6.07, 6.45) is 2.49. The molecule has 1 heterocycles. The molecule has 0 radical (unpaired) electrons. The van der Waals surface area contributed by atoms with Crippen molar-refractivity contribution in [3.63, 3.8) is 0 Å². The van der Waals surface area contributed by atoms with Gasteiger partial charge in [0.15, 0.2) is 5.78 Å². The summed E-state index contributed by atoms with van der Waals surface area (Å²) in [5, 5.41) is 15.1. The van der Waals surface area contributed by atoms with E-state index >= 15 is 0 Å². The predicted molar refractivity (Wildman–Crippen MR) is 131 cm³/mol. The van der Waals surface area contributed by atoms with Gasteiger partial charge in [0.2, 0.25) is 16.0 Å². The highest BCUT2D eigenvalue weighted by Gasteiger charge is 2.21. The number of nitrogens with one attached hydrogen (secondary N) is 2. The molecule has 178 valence electrons. The summed E-state index contributed by atoms with van der Waals surface area (Å²) >= 11 is 0. The molecule has 3 rings (SSSR count). The maximum absolute atomic E-state index is 12.8. The van der Waals surface area contributed by atoms with Crippen molar-refractivity contribution in [1.29, 1.82) is 0 Å². The van der Waals surface area contributed by atoms with Crippen molar-refractivity contribution < 1.29 is 23.1 Å². The first-order chi connectivity index (χ1) is 16.0. The van der Waals surface area contributed by atoms with Crippen LogP contribution in [0.4, 0.5) is 28.8 Å². The lowest BCUT2D eigenvalue weighted by Crippen LogP contribution is -2.25. The van der Waals surface area contributed by atoms with Crippen molar-refractivity contribution in [2.75, 3.05) is 28.2 Å². The zero-order valence-corrected chi connectivity index (χ0v) is 19.9. The van der Waals surface area contributed by atoms with Crippen LogP contribution in [0.15, 0.2) is 54.7 Å².